The van der Waals surface area contributed by atoms with Crippen LogP contribution in [-0.4, -0.2) is 18.1 Å². The van der Waals surface area contributed by atoms with Crippen LogP contribution in [-0.2, 0) is 6.54 Å². The van der Waals surface area contributed by atoms with Gasteiger partial charge < -0.3 is 10.6 Å². The fourth-order valence-corrected chi connectivity index (χ4v) is 1.18. The second-order valence-corrected chi connectivity index (χ2v) is 3.37. The summed E-state index contributed by atoms with van der Waals surface area (Å²) in [6.07, 6.45) is 1.83. The topological polar surface area (TPSA) is 37.0 Å². The van der Waals surface area contributed by atoms with Crippen molar-refractivity contribution in [2.75, 3.05) is 12.4 Å². The Morgan fingerprint density at radius 2 is 2.23 bits per heavy atom. The Labute approximate surface area is 79.6 Å². The van der Waals surface area contributed by atoms with Gasteiger partial charge in [0.15, 0.2) is 0 Å². The second-order valence-electron chi connectivity index (χ2n) is 3.37. The Hall–Kier alpha value is -1.09. The van der Waals surface area contributed by atoms with E-state index in [2.05, 4.69) is 35.5 Å². The Balaban J connectivity index is 2.67. The van der Waals surface area contributed by atoms with Gasteiger partial charge in [-0.1, -0.05) is 0 Å². The molecule has 1 aromatic rings. The maximum atomic E-state index is 4.23. The van der Waals surface area contributed by atoms with Crippen LogP contribution >= 0.6 is 0 Å². The summed E-state index contributed by atoms with van der Waals surface area (Å²) >= 11 is 0. The van der Waals surface area contributed by atoms with Crippen molar-refractivity contribution in [1.82, 2.24) is 10.3 Å². The SMILES string of the molecule is CNCc1cc(NC(C)C)ccn1. The molecule has 3 nitrogen and oxygen atoms in total. The van der Waals surface area contributed by atoms with Gasteiger partial charge in [-0.15, -0.1) is 0 Å². The molecule has 0 fully saturated rings. The number of pyridine rings is 1. The molecule has 0 saturated heterocycles. The molecule has 0 radical (unpaired) electrons. The maximum Gasteiger partial charge on any atom is 0.0562 e. The lowest BCUT2D eigenvalue weighted by molar-refractivity contribution is 0.790. The molecule has 0 amide bonds. The fraction of sp³-hybridized carbons (Fsp3) is 0.500. The van der Waals surface area contributed by atoms with Crippen LogP contribution in [0.25, 0.3) is 0 Å². The van der Waals surface area contributed by atoms with Gasteiger partial charge in [0.05, 0.1) is 5.69 Å². The van der Waals surface area contributed by atoms with Crippen LogP contribution in [0.1, 0.15) is 19.5 Å². The number of hydrogen-bond acceptors (Lipinski definition) is 3. The number of aromatic nitrogens is 1. The molecule has 1 heterocycles. The number of hydrogen-bond donors (Lipinski definition) is 2. The van der Waals surface area contributed by atoms with Gasteiger partial charge in [0.2, 0.25) is 0 Å². The van der Waals surface area contributed by atoms with Crippen molar-refractivity contribution in [3.8, 4) is 0 Å². The van der Waals surface area contributed by atoms with Gasteiger partial charge in [-0.25, -0.2) is 0 Å². The van der Waals surface area contributed by atoms with Crippen molar-refractivity contribution in [2.45, 2.75) is 26.4 Å². The van der Waals surface area contributed by atoms with Crippen LogP contribution in [0.4, 0.5) is 5.69 Å². The third-order valence-corrected chi connectivity index (χ3v) is 1.63. The minimum absolute atomic E-state index is 0.463. The van der Waals surface area contributed by atoms with E-state index in [-0.39, 0.29) is 0 Å². The maximum absolute atomic E-state index is 4.23. The van der Waals surface area contributed by atoms with E-state index in [9.17, 15) is 0 Å². The van der Waals surface area contributed by atoms with E-state index >= 15 is 0 Å². The quantitative estimate of drug-likeness (QED) is 0.737. The number of anilines is 1. The van der Waals surface area contributed by atoms with Crippen LogP contribution in [0.2, 0.25) is 0 Å². The van der Waals surface area contributed by atoms with Crippen molar-refractivity contribution < 1.29 is 0 Å². The summed E-state index contributed by atoms with van der Waals surface area (Å²) in [6, 6.07) is 4.51. The highest BCUT2D eigenvalue weighted by Crippen LogP contribution is 2.08. The Morgan fingerprint density at radius 1 is 1.46 bits per heavy atom. The zero-order valence-electron chi connectivity index (χ0n) is 8.46. The molecule has 0 aliphatic rings. The van der Waals surface area contributed by atoms with E-state index in [1.54, 1.807) is 0 Å². The minimum Gasteiger partial charge on any atom is -0.383 e. The highest BCUT2D eigenvalue weighted by molar-refractivity contribution is 5.43. The highest BCUT2D eigenvalue weighted by atomic mass is 14.9. The summed E-state index contributed by atoms with van der Waals surface area (Å²) in [5, 5.41) is 6.41. The first-order chi connectivity index (χ1) is 6.22. The van der Waals surface area contributed by atoms with E-state index in [0.29, 0.717) is 6.04 Å². The minimum atomic E-state index is 0.463. The average Bonchev–Trinajstić information content (AvgIpc) is 2.04. The molecule has 3 heteroatoms. The standard InChI is InChI=1S/C10H17N3/c1-8(2)13-9-4-5-12-10(6-9)7-11-3/h4-6,8,11H,7H2,1-3H3,(H,12,13). The fourth-order valence-electron chi connectivity index (χ4n) is 1.18. The molecule has 0 aliphatic carbocycles. The van der Waals surface area contributed by atoms with Crippen molar-refractivity contribution in [2.24, 2.45) is 0 Å². The molecule has 1 rings (SSSR count). The first kappa shape index (κ1) is 9.99. The molecule has 2 N–H and O–H groups in total. The molecule has 0 saturated carbocycles. The van der Waals surface area contributed by atoms with E-state index in [1.165, 1.54) is 0 Å². The van der Waals surface area contributed by atoms with Gasteiger partial charge in [-0.05, 0) is 33.0 Å². The summed E-state index contributed by atoms with van der Waals surface area (Å²) in [7, 11) is 1.92. The Bertz CT molecular complexity index is 258. The first-order valence-electron chi connectivity index (χ1n) is 4.58. The lowest BCUT2D eigenvalue weighted by Crippen LogP contribution is -2.11. The van der Waals surface area contributed by atoms with Crippen molar-refractivity contribution in [1.29, 1.82) is 0 Å². The Morgan fingerprint density at radius 3 is 2.85 bits per heavy atom. The molecule has 13 heavy (non-hydrogen) atoms. The van der Waals surface area contributed by atoms with Crippen LogP contribution in [0, 0.1) is 0 Å². The molecular formula is C10H17N3. The molecular weight excluding hydrogens is 162 g/mol. The van der Waals surface area contributed by atoms with Gasteiger partial charge in [0, 0.05) is 24.5 Å². The van der Waals surface area contributed by atoms with Gasteiger partial charge in [0.1, 0.15) is 0 Å². The first-order valence-corrected chi connectivity index (χ1v) is 4.58. The third-order valence-electron chi connectivity index (χ3n) is 1.63. The average molecular weight is 179 g/mol. The van der Waals surface area contributed by atoms with Gasteiger partial charge in [-0.2, -0.15) is 0 Å². The zero-order chi connectivity index (χ0) is 9.68. The second kappa shape index (κ2) is 4.82. The molecule has 0 spiro atoms. The van der Waals surface area contributed by atoms with E-state index in [0.717, 1.165) is 17.9 Å². The summed E-state index contributed by atoms with van der Waals surface area (Å²) in [4.78, 5) is 4.23. The summed E-state index contributed by atoms with van der Waals surface area (Å²) in [5.41, 5.74) is 2.20. The van der Waals surface area contributed by atoms with Crippen molar-refractivity contribution in [3.63, 3.8) is 0 Å². The highest BCUT2D eigenvalue weighted by Gasteiger charge is 1.97. The third kappa shape index (κ3) is 3.42. The summed E-state index contributed by atoms with van der Waals surface area (Å²) < 4.78 is 0. The molecule has 0 aliphatic heterocycles. The van der Waals surface area contributed by atoms with Crippen LogP contribution in [0.5, 0.6) is 0 Å². The van der Waals surface area contributed by atoms with Gasteiger partial charge >= 0.3 is 0 Å². The largest absolute Gasteiger partial charge is 0.383 e. The smallest absolute Gasteiger partial charge is 0.0562 e. The normalized spacial score (nSPS) is 10.5. The van der Waals surface area contributed by atoms with E-state index in [4.69, 9.17) is 0 Å². The lowest BCUT2D eigenvalue weighted by Gasteiger charge is -2.10. The molecule has 1 aromatic heterocycles. The number of nitrogens with one attached hydrogen (secondary N) is 2. The number of rotatable bonds is 4. The van der Waals surface area contributed by atoms with Gasteiger partial charge in [0.25, 0.3) is 0 Å². The molecule has 72 valence electrons. The monoisotopic (exact) mass is 179 g/mol. The van der Waals surface area contributed by atoms with E-state index < -0.39 is 0 Å². The number of nitrogens with zero attached hydrogens (tertiary/aromatic N) is 1. The summed E-state index contributed by atoms with van der Waals surface area (Å²) in [6.45, 7) is 5.06. The predicted molar refractivity (Wildman–Crippen MR) is 55.8 cm³/mol. The molecule has 0 unspecified atom stereocenters. The molecule has 0 atom stereocenters. The van der Waals surface area contributed by atoms with Crippen LogP contribution in [0.15, 0.2) is 18.3 Å². The molecule has 0 aromatic carbocycles. The lowest BCUT2D eigenvalue weighted by atomic mass is 10.3. The van der Waals surface area contributed by atoms with Crippen molar-refractivity contribution in [3.05, 3.63) is 24.0 Å². The van der Waals surface area contributed by atoms with Crippen LogP contribution in [0.3, 0.4) is 0 Å². The molecule has 0 bridgehead atoms. The zero-order valence-corrected chi connectivity index (χ0v) is 8.46. The Kier molecular flexibility index (Phi) is 3.71. The van der Waals surface area contributed by atoms with Crippen LogP contribution < -0.4 is 10.6 Å². The van der Waals surface area contributed by atoms with Crippen molar-refractivity contribution >= 4 is 5.69 Å². The van der Waals surface area contributed by atoms with Gasteiger partial charge in [-0.3, -0.25) is 4.98 Å². The predicted octanol–water partition coefficient (Wildman–Crippen LogP) is 1.62. The van der Waals surface area contributed by atoms with E-state index in [1.807, 2.05) is 19.3 Å². The summed E-state index contributed by atoms with van der Waals surface area (Å²) in [5.74, 6) is 0.